The van der Waals surface area contributed by atoms with Crippen LogP contribution < -0.4 is 3.55 Å². The Labute approximate surface area is 93.4 Å². The summed E-state index contributed by atoms with van der Waals surface area (Å²) in [6.07, 6.45) is 0. The minimum Gasteiger partial charge on any atom is -0.492 e. The second kappa shape index (κ2) is 4.53. The monoisotopic (exact) mass is 221 g/mol. The predicted octanol–water partition coefficient (Wildman–Crippen LogP) is 3.58. The lowest BCUT2D eigenvalue weighted by molar-refractivity contribution is 1.40. The van der Waals surface area contributed by atoms with Crippen molar-refractivity contribution >= 4 is 28.3 Å². The molecule has 1 aromatic carbocycles. The van der Waals surface area contributed by atoms with Gasteiger partial charge in [-0.25, -0.2) is 0 Å². The van der Waals surface area contributed by atoms with Gasteiger partial charge in [0.05, 0.1) is 0 Å². The standard InChI is InChI=1S/C9H14NSi.2CH3.Al/c1-11(2,3)10-9-7-5-4-6-8-9;;;/h4-8H,1-3H3;2*1H3;/q-1;;;+1. The van der Waals surface area contributed by atoms with E-state index in [1.54, 1.807) is 0 Å². The molecule has 76 valence electrons. The zero-order valence-corrected chi connectivity index (χ0v) is 12.1. The number of benzene rings is 1. The van der Waals surface area contributed by atoms with Gasteiger partial charge in [0, 0.05) is 5.69 Å². The largest absolute Gasteiger partial charge is 0.492 e. The highest BCUT2D eigenvalue weighted by molar-refractivity contribution is 6.92. The minimum absolute atomic E-state index is 0.742. The van der Waals surface area contributed by atoms with Gasteiger partial charge in [0.15, 0.2) is 0 Å². The highest BCUT2D eigenvalue weighted by Crippen LogP contribution is 2.22. The lowest BCUT2D eigenvalue weighted by Gasteiger charge is -2.39. The van der Waals surface area contributed by atoms with Crippen LogP contribution in [0.4, 0.5) is 5.69 Å². The summed E-state index contributed by atoms with van der Waals surface area (Å²) in [7, 11) is -1.20. The molecule has 14 heavy (non-hydrogen) atoms. The Morgan fingerprint density at radius 1 is 1.00 bits per heavy atom. The van der Waals surface area contributed by atoms with Crippen molar-refractivity contribution in [3.05, 3.63) is 30.3 Å². The lowest BCUT2D eigenvalue weighted by Crippen LogP contribution is -2.52. The fourth-order valence-electron chi connectivity index (χ4n) is 2.05. The van der Waals surface area contributed by atoms with Gasteiger partial charge in [-0.05, 0) is 12.1 Å². The SMILES string of the molecule is [CH3][Al]([CH3])[N](c1ccccc1)[Si](C)(C)C. The van der Waals surface area contributed by atoms with E-state index < -0.39 is 22.6 Å². The molecule has 0 atom stereocenters. The van der Waals surface area contributed by atoms with E-state index in [4.69, 9.17) is 0 Å². The molecule has 0 amide bonds. The molecule has 0 aliphatic heterocycles. The maximum atomic E-state index is 2.72. The number of nitrogens with zero attached hydrogens (tertiary/aromatic N) is 1. The Bertz CT molecular complexity index is 279. The van der Waals surface area contributed by atoms with Crippen LogP contribution in [0.2, 0.25) is 31.2 Å². The van der Waals surface area contributed by atoms with Crippen LogP contribution in [0.25, 0.3) is 0 Å². The van der Waals surface area contributed by atoms with Crippen LogP contribution in [-0.4, -0.2) is 22.6 Å². The van der Waals surface area contributed by atoms with E-state index in [1.165, 1.54) is 5.69 Å². The van der Waals surface area contributed by atoms with Crippen molar-refractivity contribution in [2.45, 2.75) is 31.2 Å². The van der Waals surface area contributed by atoms with Crippen molar-refractivity contribution in [3.8, 4) is 0 Å². The van der Waals surface area contributed by atoms with E-state index in [-0.39, 0.29) is 0 Å². The van der Waals surface area contributed by atoms with E-state index in [9.17, 15) is 0 Å². The topological polar surface area (TPSA) is 3.24 Å². The molecule has 0 radical (unpaired) electrons. The third-order valence-electron chi connectivity index (χ3n) is 2.27. The fraction of sp³-hybridized carbons (Fsp3) is 0.455. The highest BCUT2D eigenvalue weighted by atomic mass is 28.3. The molecule has 0 aliphatic rings. The van der Waals surface area contributed by atoms with Gasteiger partial charge in [-0.1, -0.05) is 49.4 Å². The molecule has 0 aromatic heterocycles. The summed E-state index contributed by atoms with van der Waals surface area (Å²) in [4.78, 5) is 0. The normalized spacial score (nSPS) is 11.2. The highest BCUT2D eigenvalue weighted by Gasteiger charge is 2.28. The first-order valence-corrected chi connectivity index (χ1v) is 11.5. The van der Waals surface area contributed by atoms with E-state index in [1.807, 2.05) is 0 Å². The maximum Gasteiger partial charge on any atom is 0.398 e. The molecular formula is C11H20AlNSi. The first-order chi connectivity index (χ1) is 6.43. The Balaban J connectivity index is 3.02. The zero-order valence-electron chi connectivity index (χ0n) is 9.91. The van der Waals surface area contributed by atoms with Crippen LogP contribution in [0.3, 0.4) is 0 Å². The van der Waals surface area contributed by atoms with Gasteiger partial charge in [-0.15, -0.1) is 0 Å². The van der Waals surface area contributed by atoms with Gasteiger partial charge in [0.2, 0.25) is 0 Å². The van der Waals surface area contributed by atoms with Gasteiger partial charge in [-0.2, -0.15) is 0 Å². The van der Waals surface area contributed by atoms with Gasteiger partial charge in [0.1, 0.15) is 8.24 Å². The first kappa shape index (κ1) is 11.8. The Morgan fingerprint density at radius 3 is 1.86 bits per heavy atom. The number of anilines is 1. The van der Waals surface area contributed by atoms with E-state index in [0.29, 0.717) is 0 Å². The van der Waals surface area contributed by atoms with Crippen LogP contribution in [0.1, 0.15) is 0 Å². The van der Waals surface area contributed by atoms with Crippen LogP contribution in [0.15, 0.2) is 30.3 Å². The van der Waals surface area contributed by atoms with Gasteiger partial charge >= 0.3 is 14.4 Å². The molecule has 0 aliphatic carbocycles. The molecule has 3 heteroatoms. The predicted molar refractivity (Wildman–Crippen MR) is 69.7 cm³/mol. The molecule has 0 heterocycles. The summed E-state index contributed by atoms with van der Waals surface area (Å²) in [6, 6.07) is 10.8. The minimum atomic E-state index is -1.20. The summed E-state index contributed by atoms with van der Waals surface area (Å²) < 4.78 is 2.72. The summed E-state index contributed by atoms with van der Waals surface area (Å²) >= 11 is -0.742. The third-order valence-corrected chi connectivity index (χ3v) is 9.18. The average Bonchev–Trinajstić information content (AvgIpc) is 2.02. The molecule has 1 aromatic rings. The second-order valence-corrected chi connectivity index (χ2v) is 13.0. The summed E-state index contributed by atoms with van der Waals surface area (Å²) in [5, 5.41) is 0. The van der Waals surface area contributed by atoms with Gasteiger partial charge < -0.3 is 3.55 Å². The second-order valence-electron chi connectivity index (χ2n) is 4.97. The van der Waals surface area contributed by atoms with E-state index in [0.717, 1.165) is 0 Å². The Kier molecular flexibility index (Phi) is 3.83. The molecule has 0 unspecified atom stereocenters. The fourth-order valence-corrected chi connectivity index (χ4v) is 9.94. The number of para-hydroxylation sites is 1. The number of hydrogen-bond acceptors (Lipinski definition) is 1. The van der Waals surface area contributed by atoms with Crippen LogP contribution >= 0.6 is 0 Å². The average molecular weight is 221 g/mol. The van der Waals surface area contributed by atoms with Crippen molar-refractivity contribution < 1.29 is 0 Å². The molecule has 0 saturated carbocycles. The Morgan fingerprint density at radius 2 is 1.50 bits per heavy atom. The van der Waals surface area contributed by atoms with Crippen molar-refractivity contribution in [1.82, 2.24) is 0 Å². The summed E-state index contributed by atoms with van der Waals surface area (Å²) in [5.41, 5.74) is 1.42. The molecule has 0 fully saturated rings. The van der Waals surface area contributed by atoms with E-state index in [2.05, 4.69) is 65.1 Å². The van der Waals surface area contributed by atoms with Crippen LogP contribution in [0, 0.1) is 0 Å². The quantitative estimate of drug-likeness (QED) is 0.705. The maximum absolute atomic E-state index is 2.72. The molecule has 1 nitrogen and oxygen atoms in total. The van der Waals surface area contributed by atoms with Crippen LogP contribution in [-0.2, 0) is 0 Å². The summed E-state index contributed by atoms with van der Waals surface area (Å²) in [6.45, 7) is 7.27. The molecule has 0 bridgehead atoms. The zero-order chi connectivity index (χ0) is 10.8. The molecule has 0 spiro atoms. The smallest absolute Gasteiger partial charge is 0.398 e. The number of rotatable bonds is 3. The van der Waals surface area contributed by atoms with Crippen molar-refractivity contribution in [2.24, 2.45) is 0 Å². The third kappa shape index (κ3) is 2.88. The molecule has 1 rings (SSSR count). The van der Waals surface area contributed by atoms with Gasteiger partial charge in [0.25, 0.3) is 0 Å². The first-order valence-electron chi connectivity index (χ1n) is 5.27. The summed E-state index contributed by atoms with van der Waals surface area (Å²) in [5.74, 6) is 4.82. The van der Waals surface area contributed by atoms with Crippen molar-refractivity contribution in [2.75, 3.05) is 3.55 Å². The molecule has 0 N–H and O–H groups in total. The molecular weight excluding hydrogens is 201 g/mol. The van der Waals surface area contributed by atoms with E-state index >= 15 is 0 Å². The molecule has 0 saturated heterocycles. The van der Waals surface area contributed by atoms with Crippen molar-refractivity contribution in [3.63, 3.8) is 0 Å². The van der Waals surface area contributed by atoms with Crippen LogP contribution in [0.5, 0.6) is 0 Å². The lowest BCUT2D eigenvalue weighted by atomic mass is 10.3. The van der Waals surface area contributed by atoms with Gasteiger partial charge in [-0.3, -0.25) is 0 Å². The van der Waals surface area contributed by atoms with Crippen molar-refractivity contribution in [1.29, 1.82) is 0 Å². The Hall–Kier alpha value is -0.231. The number of hydrogen-bond donors (Lipinski definition) is 0.